The summed E-state index contributed by atoms with van der Waals surface area (Å²) in [6.45, 7) is 2.89. The molecule has 1 saturated carbocycles. The number of carbonyl (C=O) groups excluding carboxylic acids is 2. The molecular weight excluding hydrogens is 218 g/mol. The van der Waals surface area contributed by atoms with Crippen LogP contribution in [-0.4, -0.2) is 30.9 Å². The van der Waals surface area contributed by atoms with Crippen LogP contribution >= 0.6 is 0 Å². The van der Waals surface area contributed by atoms with Crippen molar-refractivity contribution in [3.05, 3.63) is 0 Å². The molecule has 5 heteroatoms. The maximum atomic E-state index is 11.5. The molecule has 0 atom stereocenters. The SMILES string of the molecule is CCC1CCC(NC(=O)C(=O)NCCN)CC1. The van der Waals surface area contributed by atoms with Crippen LogP contribution in [0.3, 0.4) is 0 Å². The molecular formula is C12H23N3O2. The van der Waals surface area contributed by atoms with Gasteiger partial charge < -0.3 is 16.4 Å². The Morgan fingerprint density at radius 2 is 1.82 bits per heavy atom. The lowest BCUT2D eigenvalue weighted by Gasteiger charge is -2.28. The van der Waals surface area contributed by atoms with Gasteiger partial charge in [0.1, 0.15) is 0 Å². The molecule has 17 heavy (non-hydrogen) atoms. The van der Waals surface area contributed by atoms with Crippen LogP contribution in [0.2, 0.25) is 0 Å². The fourth-order valence-corrected chi connectivity index (χ4v) is 2.23. The number of hydrogen-bond acceptors (Lipinski definition) is 3. The van der Waals surface area contributed by atoms with E-state index in [0.717, 1.165) is 31.6 Å². The fraction of sp³-hybridized carbons (Fsp3) is 0.833. The Morgan fingerprint density at radius 1 is 1.18 bits per heavy atom. The smallest absolute Gasteiger partial charge is 0.309 e. The average Bonchev–Trinajstić information content (AvgIpc) is 2.36. The molecule has 0 heterocycles. The van der Waals surface area contributed by atoms with Gasteiger partial charge in [0.05, 0.1) is 0 Å². The highest BCUT2D eigenvalue weighted by Crippen LogP contribution is 2.26. The molecule has 0 aromatic heterocycles. The highest BCUT2D eigenvalue weighted by atomic mass is 16.2. The van der Waals surface area contributed by atoms with Crippen molar-refractivity contribution in [1.29, 1.82) is 0 Å². The van der Waals surface area contributed by atoms with Gasteiger partial charge in [0, 0.05) is 19.1 Å². The Labute approximate surface area is 103 Å². The minimum absolute atomic E-state index is 0.161. The molecule has 0 unspecified atom stereocenters. The van der Waals surface area contributed by atoms with Crippen LogP contribution in [0.15, 0.2) is 0 Å². The number of nitrogens with two attached hydrogens (primary N) is 1. The zero-order valence-electron chi connectivity index (χ0n) is 10.5. The summed E-state index contributed by atoms with van der Waals surface area (Å²) < 4.78 is 0. The largest absolute Gasteiger partial charge is 0.347 e. The minimum atomic E-state index is -0.576. The third-order valence-corrected chi connectivity index (χ3v) is 3.40. The van der Waals surface area contributed by atoms with Crippen LogP contribution in [0, 0.1) is 5.92 Å². The van der Waals surface area contributed by atoms with E-state index < -0.39 is 11.8 Å². The molecule has 5 nitrogen and oxygen atoms in total. The number of carbonyl (C=O) groups is 2. The van der Waals surface area contributed by atoms with Crippen LogP contribution in [0.25, 0.3) is 0 Å². The standard InChI is InChI=1S/C12H23N3O2/c1-2-9-3-5-10(6-4-9)15-12(17)11(16)14-8-7-13/h9-10H,2-8,13H2,1H3,(H,14,16)(H,15,17). The van der Waals surface area contributed by atoms with Gasteiger partial charge in [0.25, 0.3) is 0 Å². The van der Waals surface area contributed by atoms with Gasteiger partial charge >= 0.3 is 11.8 Å². The quantitative estimate of drug-likeness (QED) is 0.612. The second kappa shape index (κ2) is 7.27. The highest BCUT2D eigenvalue weighted by Gasteiger charge is 2.23. The molecule has 0 radical (unpaired) electrons. The monoisotopic (exact) mass is 241 g/mol. The summed E-state index contributed by atoms with van der Waals surface area (Å²) in [5, 5.41) is 5.25. The zero-order chi connectivity index (χ0) is 12.7. The first-order chi connectivity index (χ1) is 8.17. The molecule has 0 spiro atoms. The molecule has 1 aliphatic rings. The van der Waals surface area contributed by atoms with Gasteiger partial charge in [-0.15, -0.1) is 0 Å². The van der Waals surface area contributed by atoms with Gasteiger partial charge in [-0.1, -0.05) is 13.3 Å². The lowest BCUT2D eigenvalue weighted by atomic mass is 9.84. The van der Waals surface area contributed by atoms with E-state index in [0.29, 0.717) is 13.1 Å². The van der Waals surface area contributed by atoms with Gasteiger partial charge in [-0.3, -0.25) is 9.59 Å². The average molecular weight is 241 g/mol. The predicted octanol–water partition coefficient (Wildman–Crippen LogP) is 0.146. The second-order valence-corrected chi connectivity index (χ2v) is 4.64. The van der Waals surface area contributed by atoms with E-state index in [2.05, 4.69) is 17.6 Å². The molecule has 98 valence electrons. The van der Waals surface area contributed by atoms with Crippen molar-refractivity contribution in [2.45, 2.75) is 45.1 Å². The van der Waals surface area contributed by atoms with E-state index in [1.165, 1.54) is 6.42 Å². The van der Waals surface area contributed by atoms with Gasteiger partial charge in [0.2, 0.25) is 0 Å². The van der Waals surface area contributed by atoms with Gasteiger partial charge in [0.15, 0.2) is 0 Å². The third kappa shape index (κ3) is 4.73. The molecule has 0 saturated heterocycles. The number of nitrogens with one attached hydrogen (secondary N) is 2. The summed E-state index contributed by atoms with van der Waals surface area (Å²) in [5.74, 6) is -0.319. The summed E-state index contributed by atoms with van der Waals surface area (Å²) in [6, 6.07) is 0.161. The minimum Gasteiger partial charge on any atom is -0.347 e. The van der Waals surface area contributed by atoms with E-state index in [9.17, 15) is 9.59 Å². The van der Waals surface area contributed by atoms with E-state index in [4.69, 9.17) is 5.73 Å². The van der Waals surface area contributed by atoms with E-state index >= 15 is 0 Å². The maximum absolute atomic E-state index is 11.5. The van der Waals surface area contributed by atoms with Crippen molar-refractivity contribution >= 4 is 11.8 Å². The molecule has 0 aliphatic heterocycles. The summed E-state index contributed by atoms with van der Waals surface area (Å²) >= 11 is 0. The Kier molecular flexibility index (Phi) is 5.97. The van der Waals surface area contributed by atoms with Crippen molar-refractivity contribution in [3.63, 3.8) is 0 Å². The van der Waals surface area contributed by atoms with Crippen LogP contribution in [0.5, 0.6) is 0 Å². The van der Waals surface area contributed by atoms with Gasteiger partial charge in [-0.25, -0.2) is 0 Å². The Bertz CT molecular complexity index is 260. The van der Waals surface area contributed by atoms with Gasteiger partial charge in [-0.05, 0) is 31.6 Å². The van der Waals surface area contributed by atoms with E-state index in [-0.39, 0.29) is 6.04 Å². The van der Waals surface area contributed by atoms with Crippen LogP contribution < -0.4 is 16.4 Å². The van der Waals surface area contributed by atoms with Crippen molar-refractivity contribution < 1.29 is 9.59 Å². The topological polar surface area (TPSA) is 84.2 Å². The maximum Gasteiger partial charge on any atom is 0.309 e. The fourth-order valence-electron chi connectivity index (χ4n) is 2.23. The number of amides is 2. The van der Waals surface area contributed by atoms with Crippen molar-refractivity contribution in [3.8, 4) is 0 Å². The van der Waals surface area contributed by atoms with Gasteiger partial charge in [-0.2, -0.15) is 0 Å². The molecule has 1 aliphatic carbocycles. The molecule has 0 aromatic carbocycles. The molecule has 1 rings (SSSR count). The Hall–Kier alpha value is -1.10. The van der Waals surface area contributed by atoms with Crippen LogP contribution in [0.4, 0.5) is 0 Å². The van der Waals surface area contributed by atoms with Crippen molar-refractivity contribution in [1.82, 2.24) is 10.6 Å². The Morgan fingerprint density at radius 3 is 2.35 bits per heavy atom. The zero-order valence-corrected chi connectivity index (χ0v) is 10.5. The summed E-state index contributed by atoms with van der Waals surface area (Å²) in [5.41, 5.74) is 5.25. The summed E-state index contributed by atoms with van der Waals surface area (Å²) in [6.07, 6.45) is 5.46. The Balaban J connectivity index is 2.25. The molecule has 0 bridgehead atoms. The molecule has 4 N–H and O–H groups in total. The van der Waals surface area contributed by atoms with E-state index in [1.807, 2.05) is 0 Å². The number of rotatable bonds is 4. The first-order valence-corrected chi connectivity index (χ1v) is 6.46. The van der Waals surface area contributed by atoms with E-state index in [1.54, 1.807) is 0 Å². The number of hydrogen-bond donors (Lipinski definition) is 3. The first-order valence-electron chi connectivity index (χ1n) is 6.46. The lowest BCUT2D eigenvalue weighted by Crippen LogP contribution is -2.46. The summed E-state index contributed by atoms with van der Waals surface area (Å²) in [4.78, 5) is 22.8. The van der Waals surface area contributed by atoms with Crippen LogP contribution in [-0.2, 0) is 9.59 Å². The highest BCUT2D eigenvalue weighted by molar-refractivity contribution is 6.35. The molecule has 2 amide bonds. The third-order valence-electron chi connectivity index (χ3n) is 3.40. The normalized spacial score (nSPS) is 24.1. The first kappa shape index (κ1) is 14.0. The lowest BCUT2D eigenvalue weighted by molar-refractivity contribution is -0.139. The second-order valence-electron chi connectivity index (χ2n) is 4.64. The summed E-state index contributed by atoms with van der Waals surface area (Å²) in [7, 11) is 0. The van der Waals surface area contributed by atoms with Crippen molar-refractivity contribution in [2.75, 3.05) is 13.1 Å². The van der Waals surface area contributed by atoms with Crippen molar-refractivity contribution in [2.24, 2.45) is 11.7 Å². The van der Waals surface area contributed by atoms with Crippen LogP contribution in [0.1, 0.15) is 39.0 Å². The predicted molar refractivity (Wildman–Crippen MR) is 66.2 cm³/mol. The molecule has 0 aromatic rings. The molecule has 1 fully saturated rings.